The molecule has 0 aliphatic carbocycles. The Hall–Kier alpha value is -1.97. The topological polar surface area (TPSA) is 67.1 Å². The lowest BCUT2D eigenvalue weighted by molar-refractivity contribution is -0.116. The summed E-state index contributed by atoms with van der Waals surface area (Å²) in [6, 6.07) is 3.80. The van der Waals surface area contributed by atoms with E-state index in [9.17, 15) is 4.79 Å². The molecule has 0 spiro atoms. The van der Waals surface area contributed by atoms with E-state index in [0.717, 1.165) is 23.4 Å². The Labute approximate surface area is 94.5 Å². The first-order chi connectivity index (χ1) is 7.70. The summed E-state index contributed by atoms with van der Waals surface area (Å²) in [6.07, 6.45) is 3.05. The number of carbonyl (C=O) groups is 1. The number of fused-ring (bicyclic) bond motifs is 1. The molecular formula is C12H15N3O. The smallest absolute Gasteiger partial charge is 0.224 e. The molecule has 16 heavy (non-hydrogen) atoms. The van der Waals surface area contributed by atoms with Crippen LogP contribution in [0.5, 0.6) is 0 Å². The van der Waals surface area contributed by atoms with E-state index in [1.165, 1.54) is 0 Å². The van der Waals surface area contributed by atoms with E-state index in [2.05, 4.69) is 17.2 Å². The van der Waals surface area contributed by atoms with Crippen LogP contribution in [0.15, 0.2) is 24.8 Å². The van der Waals surface area contributed by atoms with Crippen molar-refractivity contribution >= 4 is 23.0 Å². The summed E-state index contributed by atoms with van der Waals surface area (Å²) < 4.78 is 0. The first-order valence-corrected chi connectivity index (χ1v) is 5.27. The Balaban J connectivity index is 2.31. The van der Waals surface area contributed by atoms with Gasteiger partial charge in [0.15, 0.2) is 0 Å². The molecule has 84 valence electrons. The third-order valence-electron chi connectivity index (χ3n) is 2.61. The molecule has 4 nitrogen and oxygen atoms in total. The Morgan fingerprint density at radius 2 is 2.31 bits per heavy atom. The number of nitrogen functional groups attached to an aromatic ring is 1. The van der Waals surface area contributed by atoms with Crippen molar-refractivity contribution in [1.82, 2.24) is 0 Å². The second-order valence-corrected chi connectivity index (χ2v) is 3.81. The Morgan fingerprint density at radius 3 is 3.06 bits per heavy atom. The minimum absolute atomic E-state index is 0.0620. The summed E-state index contributed by atoms with van der Waals surface area (Å²) in [7, 11) is 0. The maximum atomic E-state index is 11.3. The molecule has 1 aromatic rings. The Bertz CT molecular complexity index is 440. The Morgan fingerprint density at radius 1 is 1.50 bits per heavy atom. The van der Waals surface area contributed by atoms with Crippen molar-refractivity contribution in [3.8, 4) is 0 Å². The number of amides is 1. The van der Waals surface area contributed by atoms with Crippen LogP contribution in [0.1, 0.15) is 12.0 Å². The highest BCUT2D eigenvalue weighted by atomic mass is 16.1. The zero-order chi connectivity index (χ0) is 11.5. The molecule has 0 aromatic heterocycles. The van der Waals surface area contributed by atoms with Crippen LogP contribution in [0.4, 0.5) is 17.1 Å². The van der Waals surface area contributed by atoms with E-state index in [1.54, 1.807) is 6.08 Å². The van der Waals surface area contributed by atoms with Crippen molar-refractivity contribution in [3.05, 3.63) is 30.4 Å². The van der Waals surface area contributed by atoms with Crippen LogP contribution < -0.4 is 16.4 Å². The average molecular weight is 217 g/mol. The van der Waals surface area contributed by atoms with Gasteiger partial charge in [0.2, 0.25) is 5.91 Å². The van der Waals surface area contributed by atoms with Gasteiger partial charge in [0.05, 0.1) is 11.4 Å². The standard InChI is InChI=1S/C12H15N3O/c1-2-5-14-11-7-10-8(6-9(11)13)3-4-12(16)15-10/h2,6-7,14H,1,3-5,13H2,(H,15,16). The lowest BCUT2D eigenvalue weighted by Gasteiger charge is -2.19. The molecule has 2 rings (SSSR count). The summed E-state index contributed by atoms with van der Waals surface area (Å²) in [5.74, 6) is 0.0620. The van der Waals surface area contributed by atoms with E-state index < -0.39 is 0 Å². The Kier molecular flexibility index (Phi) is 2.81. The van der Waals surface area contributed by atoms with Gasteiger partial charge in [0, 0.05) is 18.7 Å². The minimum atomic E-state index is 0.0620. The van der Waals surface area contributed by atoms with Gasteiger partial charge in [-0.15, -0.1) is 6.58 Å². The maximum Gasteiger partial charge on any atom is 0.224 e. The molecule has 1 amide bonds. The predicted octanol–water partition coefficient (Wildman–Crippen LogP) is 1.75. The van der Waals surface area contributed by atoms with Crippen LogP contribution >= 0.6 is 0 Å². The van der Waals surface area contributed by atoms with Gasteiger partial charge in [-0.2, -0.15) is 0 Å². The fraction of sp³-hybridized carbons (Fsp3) is 0.250. The molecule has 4 heteroatoms. The third kappa shape index (κ3) is 2.00. The van der Waals surface area contributed by atoms with Crippen LogP contribution in [0.25, 0.3) is 0 Å². The van der Waals surface area contributed by atoms with Crippen molar-refractivity contribution in [2.75, 3.05) is 22.9 Å². The normalized spacial score (nSPS) is 13.9. The second kappa shape index (κ2) is 4.26. The highest BCUT2D eigenvalue weighted by Crippen LogP contribution is 2.30. The molecule has 0 radical (unpaired) electrons. The molecule has 0 atom stereocenters. The van der Waals surface area contributed by atoms with Gasteiger partial charge < -0.3 is 16.4 Å². The van der Waals surface area contributed by atoms with Crippen LogP contribution in [-0.4, -0.2) is 12.5 Å². The molecule has 1 heterocycles. The molecule has 0 bridgehead atoms. The van der Waals surface area contributed by atoms with Gasteiger partial charge >= 0.3 is 0 Å². The molecule has 1 aliphatic rings. The van der Waals surface area contributed by atoms with Crippen molar-refractivity contribution in [3.63, 3.8) is 0 Å². The number of aryl methyl sites for hydroxylation is 1. The van der Waals surface area contributed by atoms with Crippen LogP contribution in [-0.2, 0) is 11.2 Å². The number of hydrogen-bond donors (Lipinski definition) is 3. The van der Waals surface area contributed by atoms with E-state index in [0.29, 0.717) is 18.7 Å². The monoisotopic (exact) mass is 217 g/mol. The summed E-state index contributed by atoms with van der Waals surface area (Å²) in [5, 5.41) is 5.98. The number of anilines is 3. The number of hydrogen-bond acceptors (Lipinski definition) is 3. The fourth-order valence-electron chi connectivity index (χ4n) is 1.78. The van der Waals surface area contributed by atoms with E-state index in [1.807, 2.05) is 12.1 Å². The van der Waals surface area contributed by atoms with Crippen molar-refractivity contribution in [1.29, 1.82) is 0 Å². The largest absolute Gasteiger partial charge is 0.397 e. The molecule has 1 aromatic carbocycles. The SMILES string of the molecule is C=CCNc1cc2c(cc1N)CCC(=O)N2. The quantitative estimate of drug-likeness (QED) is 0.533. The van der Waals surface area contributed by atoms with Gasteiger partial charge in [-0.05, 0) is 24.1 Å². The minimum Gasteiger partial charge on any atom is -0.397 e. The van der Waals surface area contributed by atoms with Gasteiger partial charge in [-0.3, -0.25) is 4.79 Å². The fourth-order valence-corrected chi connectivity index (χ4v) is 1.78. The van der Waals surface area contributed by atoms with E-state index >= 15 is 0 Å². The molecule has 4 N–H and O–H groups in total. The second-order valence-electron chi connectivity index (χ2n) is 3.81. The maximum absolute atomic E-state index is 11.3. The number of benzene rings is 1. The van der Waals surface area contributed by atoms with Gasteiger partial charge in [-0.25, -0.2) is 0 Å². The van der Waals surface area contributed by atoms with E-state index in [-0.39, 0.29) is 5.91 Å². The first-order valence-electron chi connectivity index (χ1n) is 5.27. The molecular weight excluding hydrogens is 202 g/mol. The van der Waals surface area contributed by atoms with Crippen LogP contribution in [0.2, 0.25) is 0 Å². The van der Waals surface area contributed by atoms with Crippen LogP contribution in [0.3, 0.4) is 0 Å². The first kappa shape index (κ1) is 10.5. The molecule has 0 saturated heterocycles. The molecule has 0 unspecified atom stereocenters. The summed E-state index contributed by atoms with van der Waals surface area (Å²) >= 11 is 0. The van der Waals surface area contributed by atoms with Crippen molar-refractivity contribution in [2.24, 2.45) is 0 Å². The zero-order valence-electron chi connectivity index (χ0n) is 9.05. The summed E-state index contributed by atoms with van der Waals surface area (Å²) in [5.41, 5.74) is 9.41. The molecule has 0 saturated carbocycles. The van der Waals surface area contributed by atoms with Gasteiger partial charge in [0.1, 0.15) is 0 Å². The van der Waals surface area contributed by atoms with Gasteiger partial charge in [0.25, 0.3) is 0 Å². The van der Waals surface area contributed by atoms with Crippen molar-refractivity contribution < 1.29 is 4.79 Å². The lowest BCUT2D eigenvalue weighted by atomic mass is 10.0. The summed E-state index contributed by atoms with van der Waals surface area (Å²) in [4.78, 5) is 11.3. The zero-order valence-corrected chi connectivity index (χ0v) is 9.05. The highest BCUT2D eigenvalue weighted by Gasteiger charge is 2.16. The van der Waals surface area contributed by atoms with Gasteiger partial charge in [-0.1, -0.05) is 6.08 Å². The van der Waals surface area contributed by atoms with E-state index in [4.69, 9.17) is 5.73 Å². The number of nitrogens with two attached hydrogens (primary N) is 1. The third-order valence-corrected chi connectivity index (χ3v) is 2.61. The lowest BCUT2D eigenvalue weighted by Crippen LogP contribution is -2.19. The number of rotatable bonds is 3. The number of nitrogens with one attached hydrogen (secondary N) is 2. The summed E-state index contributed by atoms with van der Waals surface area (Å²) in [6.45, 7) is 4.28. The average Bonchev–Trinajstić information content (AvgIpc) is 2.27. The predicted molar refractivity (Wildman–Crippen MR) is 66.5 cm³/mol. The molecule has 1 aliphatic heterocycles. The van der Waals surface area contributed by atoms with Crippen LogP contribution in [0, 0.1) is 0 Å². The highest BCUT2D eigenvalue weighted by molar-refractivity contribution is 5.95. The number of carbonyl (C=O) groups excluding carboxylic acids is 1. The molecule has 0 fully saturated rings. The van der Waals surface area contributed by atoms with Crippen molar-refractivity contribution in [2.45, 2.75) is 12.8 Å².